The molecule has 0 unspecified atom stereocenters. The number of carbonyl (C=O) groups is 1. The first-order valence-electron chi connectivity index (χ1n) is 4.62. The highest BCUT2D eigenvalue weighted by Crippen LogP contribution is 2.09. The second-order valence-corrected chi connectivity index (χ2v) is 3.28. The summed E-state index contributed by atoms with van der Waals surface area (Å²) in [6.45, 7) is 1.84. The zero-order valence-corrected chi connectivity index (χ0v) is 8.58. The lowest BCUT2D eigenvalue weighted by atomic mass is 10.1. The summed E-state index contributed by atoms with van der Waals surface area (Å²) in [6, 6.07) is 0. The third-order valence-electron chi connectivity index (χ3n) is 2.04. The Morgan fingerprint density at radius 3 is 2.93 bits per heavy atom. The molecule has 3 heteroatoms. The molecule has 0 aliphatic rings. The maximum atomic E-state index is 11.6. The van der Waals surface area contributed by atoms with Crippen LogP contribution >= 0.6 is 0 Å². The van der Waals surface area contributed by atoms with Gasteiger partial charge < -0.3 is 0 Å². The van der Waals surface area contributed by atoms with Gasteiger partial charge in [-0.2, -0.15) is 5.10 Å². The number of aromatic nitrogens is 2. The topological polar surface area (TPSA) is 34.9 Å². The molecule has 0 atom stereocenters. The molecule has 0 fully saturated rings. The lowest BCUT2D eigenvalue weighted by molar-refractivity contribution is 0.0980. The minimum atomic E-state index is 0.130. The Hall–Kier alpha value is -1.56. The van der Waals surface area contributed by atoms with Crippen molar-refractivity contribution in [3.8, 4) is 12.3 Å². The Morgan fingerprint density at radius 2 is 2.43 bits per heavy atom. The smallest absolute Gasteiger partial charge is 0.166 e. The van der Waals surface area contributed by atoms with Gasteiger partial charge in [0, 0.05) is 26.1 Å². The number of nitrogens with zero attached hydrogens (tertiary/aromatic N) is 2. The molecule has 0 saturated heterocycles. The third kappa shape index (κ3) is 2.46. The van der Waals surface area contributed by atoms with E-state index in [1.807, 2.05) is 14.0 Å². The van der Waals surface area contributed by atoms with Gasteiger partial charge in [-0.15, -0.1) is 12.3 Å². The highest BCUT2D eigenvalue weighted by molar-refractivity contribution is 5.96. The fraction of sp³-hybridized carbons (Fsp3) is 0.455. The number of Topliss-reactive ketones (excluding diaryl/α,β-unsaturated/α-hetero) is 1. The first kappa shape index (κ1) is 10.5. The fourth-order valence-corrected chi connectivity index (χ4v) is 1.36. The average molecular weight is 190 g/mol. The molecule has 3 nitrogen and oxygen atoms in total. The fourth-order valence-electron chi connectivity index (χ4n) is 1.36. The number of ketones is 1. The molecule has 0 aliphatic carbocycles. The van der Waals surface area contributed by atoms with Crippen LogP contribution in [-0.4, -0.2) is 15.6 Å². The number of hydrogen-bond acceptors (Lipinski definition) is 2. The van der Waals surface area contributed by atoms with Crippen LogP contribution in [0.5, 0.6) is 0 Å². The van der Waals surface area contributed by atoms with Gasteiger partial charge in [-0.25, -0.2) is 0 Å². The van der Waals surface area contributed by atoms with Crippen molar-refractivity contribution >= 4 is 5.78 Å². The Kier molecular flexibility index (Phi) is 3.47. The second kappa shape index (κ2) is 4.61. The Balaban J connectivity index is 2.61. The van der Waals surface area contributed by atoms with E-state index in [2.05, 4.69) is 11.0 Å². The van der Waals surface area contributed by atoms with Crippen LogP contribution in [-0.2, 0) is 7.05 Å². The predicted octanol–water partition coefficient (Wildman–Crippen LogP) is 1.71. The molecule has 1 rings (SSSR count). The van der Waals surface area contributed by atoms with Gasteiger partial charge in [0.2, 0.25) is 0 Å². The van der Waals surface area contributed by atoms with Crippen molar-refractivity contribution in [2.45, 2.75) is 26.2 Å². The number of terminal acetylenes is 1. The van der Waals surface area contributed by atoms with Gasteiger partial charge in [0.1, 0.15) is 0 Å². The molecule has 0 N–H and O–H groups in total. The van der Waals surface area contributed by atoms with Crippen molar-refractivity contribution in [3.05, 3.63) is 17.5 Å². The lowest BCUT2D eigenvalue weighted by Crippen LogP contribution is -1.99. The van der Waals surface area contributed by atoms with Crippen LogP contribution in [0.4, 0.5) is 0 Å². The van der Waals surface area contributed by atoms with Gasteiger partial charge in [-0.1, -0.05) is 0 Å². The molecule has 0 saturated carbocycles. The summed E-state index contributed by atoms with van der Waals surface area (Å²) in [6.07, 6.45) is 8.79. The minimum absolute atomic E-state index is 0.130. The first-order chi connectivity index (χ1) is 6.65. The molecule has 1 heterocycles. The lowest BCUT2D eigenvalue weighted by Gasteiger charge is -1.95. The molecule has 0 spiro atoms. The number of unbranched alkanes of at least 4 members (excludes halogenated alkanes) is 1. The summed E-state index contributed by atoms with van der Waals surface area (Å²) in [4.78, 5) is 11.6. The summed E-state index contributed by atoms with van der Waals surface area (Å²) in [5.74, 6) is 2.65. The maximum absolute atomic E-state index is 11.6. The van der Waals surface area contributed by atoms with E-state index in [4.69, 9.17) is 6.42 Å². The molecular formula is C11H14N2O. The van der Waals surface area contributed by atoms with Crippen molar-refractivity contribution in [3.63, 3.8) is 0 Å². The van der Waals surface area contributed by atoms with Crippen LogP contribution in [0.25, 0.3) is 0 Å². The van der Waals surface area contributed by atoms with Crippen LogP contribution in [0.2, 0.25) is 0 Å². The highest BCUT2D eigenvalue weighted by Gasteiger charge is 2.11. The standard InChI is InChI=1S/C11H14N2O/c1-4-5-6-7-11(14)10-8-13(3)12-9(10)2/h1,8H,5-7H2,2-3H3. The molecule has 14 heavy (non-hydrogen) atoms. The summed E-state index contributed by atoms with van der Waals surface area (Å²) in [5.41, 5.74) is 1.50. The predicted molar refractivity (Wildman–Crippen MR) is 55.0 cm³/mol. The van der Waals surface area contributed by atoms with E-state index in [0.29, 0.717) is 18.4 Å². The Morgan fingerprint density at radius 1 is 1.71 bits per heavy atom. The zero-order chi connectivity index (χ0) is 10.6. The molecule has 0 amide bonds. The third-order valence-corrected chi connectivity index (χ3v) is 2.04. The van der Waals surface area contributed by atoms with Crippen LogP contribution in [0, 0.1) is 19.3 Å². The van der Waals surface area contributed by atoms with E-state index in [1.165, 1.54) is 0 Å². The van der Waals surface area contributed by atoms with Crippen molar-refractivity contribution in [2.75, 3.05) is 0 Å². The van der Waals surface area contributed by atoms with Gasteiger partial charge in [0.15, 0.2) is 5.78 Å². The SMILES string of the molecule is C#CCCCC(=O)c1cn(C)nc1C. The van der Waals surface area contributed by atoms with Crippen LogP contribution in [0.3, 0.4) is 0 Å². The van der Waals surface area contributed by atoms with Crippen molar-refractivity contribution in [1.82, 2.24) is 9.78 Å². The molecule has 74 valence electrons. The van der Waals surface area contributed by atoms with Crippen molar-refractivity contribution in [2.24, 2.45) is 7.05 Å². The Bertz CT molecular complexity index is 371. The monoisotopic (exact) mass is 190 g/mol. The van der Waals surface area contributed by atoms with E-state index in [-0.39, 0.29) is 5.78 Å². The second-order valence-electron chi connectivity index (χ2n) is 3.28. The van der Waals surface area contributed by atoms with E-state index in [0.717, 1.165) is 12.1 Å². The van der Waals surface area contributed by atoms with Crippen LogP contribution in [0.15, 0.2) is 6.20 Å². The molecule has 0 aliphatic heterocycles. The van der Waals surface area contributed by atoms with Crippen LogP contribution in [0.1, 0.15) is 35.3 Å². The number of aryl methyl sites for hydroxylation is 2. The minimum Gasteiger partial charge on any atom is -0.294 e. The Labute approximate surface area is 84.1 Å². The van der Waals surface area contributed by atoms with Crippen LogP contribution < -0.4 is 0 Å². The average Bonchev–Trinajstić information content (AvgIpc) is 2.45. The number of rotatable bonds is 4. The van der Waals surface area contributed by atoms with Gasteiger partial charge in [0.25, 0.3) is 0 Å². The van der Waals surface area contributed by atoms with E-state index < -0.39 is 0 Å². The number of carbonyl (C=O) groups excluding carboxylic acids is 1. The molecule has 1 aromatic heterocycles. The molecular weight excluding hydrogens is 176 g/mol. The normalized spacial score (nSPS) is 9.79. The number of hydrogen-bond donors (Lipinski definition) is 0. The van der Waals surface area contributed by atoms with E-state index in [1.54, 1.807) is 10.9 Å². The highest BCUT2D eigenvalue weighted by atomic mass is 16.1. The molecule has 0 radical (unpaired) electrons. The zero-order valence-electron chi connectivity index (χ0n) is 8.58. The summed E-state index contributed by atoms with van der Waals surface area (Å²) in [5, 5.41) is 4.12. The summed E-state index contributed by atoms with van der Waals surface area (Å²) < 4.78 is 1.66. The largest absolute Gasteiger partial charge is 0.294 e. The summed E-state index contributed by atoms with van der Waals surface area (Å²) >= 11 is 0. The van der Waals surface area contributed by atoms with Gasteiger partial charge in [0.05, 0.1) is 11.3 Å². The molecule has 1 aromatic rings. The molecule has 0 aromatic carbocycles. The van der Waals surface area contributed by atoms with Crippen molar-refractivity contribution in [1.29, 1.82) is 0 Å². The quantitative estimate of drug-likeness (QED) is 0.411. The van der Waals surface area contributed by atoms with Gasteiger partial charge >= 0.3 is 0 Å². The first-order valence-corrected chi connectivity index (χ1v) is 4.62. The van der Waals surface area contributed by atoms with Gasteiger partial charge in [-0.05, 0) is 13.3 Å². The van der Waals surface area contributed by atoms with Gasteiger partial charge in [-0.3, -0.25) is 9.48 Å². The molecule has 0 bridgehead atoms. The van der Waals surface area contributed by atoms with E-state index >= 15 is 0 Å². The summed E-state index contributed by atoms with van der Waals surface area (Å²) in [7, 11) is 1.81. The van der Waals surface area contributed by atoms with Crippen molar-refractivity contribution < 1.29 is 4.79 Å². The van der Waals surface area contributed by atoms with E-state index in [9.17, 15) is 4.79 Å². The maximum Gasteiger partial charge on any atom is 0.166 e.